The Balaban J connectivity index is 1.99. The van der Waals surface area contributed by atoms with Crippen LogP contribution in [0.3, 0.4) is 0 Å². The Hall–Kier alpha value is 0.1000. The van der Waals surface area contributed by atoms with Crippen LogP contribution in [0.5, 0.6) is 0 Å². The van der Waals surface area contributed by atoms with Crippen molar-refractivity contribution in [2.75, 3.05) is 5.75 Å². The second-order valence-corrected chi connectivity index (χ2v) is 8.46. The third-order valence-corrected chi connectivity index (χ3v) is 7.45. The van der Waals surface area contributed by atoms with E-state index < -0.39 is 0 Å². The van der Waals surface area contributed by atoms with Gasteiger partial charge in [-0.3, -0.25) is 0 Å². The van der Waals surface area contributed by atoms with Crippen LogP contribution in [0.15, 0.2) is 18.2 Å². The lowest BCUT2D eigenvalue weighted by molar-refractivity contribution is 0.623. The summed E-state index contributed by atoms with van der Waals surface area (Å²) in [7, 11) is 0. The average Bonchev–Trinajstić information content (AvgIpc) is 2.36. The molecule has 1 aromatic carbocycles. The third-order valence-electron chi connectivity index (χ3n) is 3.52. The summed E-state index contributed by atoms with van der Waals surface area (Å²) < 4.78 is 13.0. The van der Waals surface area contributed by atoms with Gasteiger partial charge in [0.25, 0.3) is 0 Å². The van der Waals surface area contributed by atoms with Gasteiger partial charge >= 0.3 is 0 Å². The van der Waals surface area contributed by atoms with E-state index in [4.69, 9.17) is 17.3 Å². The van der Waals surface area contributed by atoms with E-state index in [9.17, 15) is 4.39 Å². The van der Waals surface area contributed by atoms with Crippen molar-refractivity contribution < 1.29 is 4.39 Å². The van der Waals surface area contributed by atoms with Crippen molar-refractivity contribution >= 4 is 35.1 Å². The molecular formula is C14H19ClFNS2. The largest absolute Gasteiger partial charge is 0.326 e. The van der Waals surface area contributed by atoms with Crippen molar-refractivity contribution in [1.29, 1.82) is 0 Å². The van der Waals surface area contributed by atoms with Gasteiger partial charge in [-0.15, -0.1) is 0 Å². The SMILES string of the molecule is CC1SCC(C(N)Cc2ccc(F)cc2Cl)SC1C. The minimum absolute atomic E-state index is 0.0652. The molecule has 0 saturated carbocycles. The Morgan fingerprint density at radius 3 is 2.79 bits per heavy atom. The molecule has 5 heteroatoms. The first kappa shape index (κ1) is 15.5. The van der Waals surface area contributed by atoms with E-state index in [2.05, 4.69) is 13.8 Å². The fourth-order valence-corrected chi connectivity index (χ4v) is 5.41. The highest BCUT2D eigenvalue weighted by Crippen LogP contribution is 2.37. The van der Waals surface area contributed by atoms with E-state index in [-0.39, 0.29) is 11.9 Å². The van der Waals surface area contributed by atoms with Crippen molar-refractivity contribution in [1.82, 2.24) is 0 Å². The minimum Gasteiger partial charge on any atom is -0.326 e. The van der Waals surface area contributed by atoms with Gasteiger partial charge in [0, 0.05) is 32.6 Å². The molecule has 0 aliphatic carbocycles. The number of hydrogen-bond donors (Lipinski definition) is 1. The summed E-state index contributed by atoms with van der Waals surface area (Å²) in [5, 5.41) is 2.23. The summed E-state index contributed by atoms with van der Waals surface area (Å²) in [6.07, 6.45) is 0.707. The molecule has 2 N–H and O–H groups in total. The van der Waals surface area contributed by atoms with E-state index in [1.54, 1.807) is 6.07 Å². The predicted octanol–water partition coefficient (Wildman–Crippen LogP) is 3.97. The van der Waals surface area contributed by atoms with Crippen molar-refractivity contribution in [2.45, 2.75) is 42.1 Å². The number of thioether (sulfide) groups is 2. The molecule has 0 bridgehead atoms. The number of hydrogen-bond acceptors (Lipinski definition) is 3. The van der Waals surface area contributed by atoms with Crippen molar-refractivity contribution in [3.63, 3.8) is 0 Å². The van der Waals surface area contributed by atoms with Crippen LogP contribution >= 0.6 is 35.1 Å². The first-order chi connectivity index (χ1) is 8.97. The molecule has 1 heterocycles. The maximum absolute atomic E-state index is 13.0. The zero-order valence-corrected chi connectivity index (χ0v) is 13.5. The topological polar surface area (TPSA) is 26.0 Å². The molecule has 19 heavy (non-hydrogen) atoms. The van der Waals surface area contributed by atoms with Gasteiger partial charge in [0.05, 0.1) is 0 Å². The van der Waals surface area contributed by atoms with Crippen LogP contribution in [-0.4, -0.2) is 27.5 Å². The monoisotopic (exact) mass is 319 g/mol. The normalized spacial score (nSPS) is 29.2. The number of rotatable bonds is 3. The van der Waals surface area contributed by atoms with Gasteiger partial charge in [0.2, 0.25) is 0 Å². The third kappa shape index (κ3) is 4.03. The summed E-state index contributed by atoms with van der Waals surface area (Å²) in [6, 6.07) is 4.61. The van der Waals surface area contributed by atoms with Crippen LogP contribution in [0.2, 0.25) is 5.02 Å². The van der Waals surface area contributed by atoms with E-state index in [1.807, 2.05) is 23.5 Å². The van der Waals surface area contributed by atoms with Crippen molar-refractivity contribution in [3.8, 4) is 0 Å². The summed E-state index contributed by atoms with van der Waals surface area (Å²) in [4.78, 5) is 0. The summed E-state index contributed by atoms with van der Waals surface area (Å²) in [5.41, 5.74) is 7.25. The van der Waals surface area contributed by atoms with E-state index in [1.165, 1.54) is 12.1 Å². The molecule has 2 rings (SSSR count). The number of benzene rings is 1. The highest BCUT2D eigenvalue weighted by Gasteiger charge is 2.29. The second kappa shape index (κ2) is 6.70. The van der Waals surface area contributed by atoms with E-state index in [0.29, 0.717) is 27.2 Å². The Labute approximate surface area is 127 Å². The van der Waals surface area contributed by atoms with Crippen LogP contribution in [-0.2, 0) is 6.42 Å². The molecule has 106 valence electrons. The Bertz CT molecular complexity index is 443. The lowest BCUT2D eigenvalue weighted by atomic mass is 10.0. The molecule has 1 nitrogen and oxygen atoms in total. The van der Waals surface area contributed by atoms with Gasteiger partial charge in [-0.05, 0) is 24.1 Å². The van der Waals surface area contributed by atoms with Crippen LogP contribution in [0.4, 0.5) is 4.39 Å². The maximum Gasteiger partial charge on any atom is 0.124 e. The van der Waals surface area contributed by atoms with E-state index in [0.717, 1.165) is 11.3 Å². The molecule has 0 amide bonds. The first-order valence-corrected chi connectivity index (χ1v) is 8.81. The fourth-order valence-electron chi connectivity index (χ4n) is 2.10. The lowest BCUT2D eigenvalue weighted by Gasteiger charge is -2.34. The zero-order chi connectivity index (χ0) is 14.0. The molecule has 1 aliphatic heterocycles. The smallest absolute Gasteiger partial charge is 0.124 e. The number of halogens is 2. The molecule has 1 aliphatic rings. The first-order valence-electron chi connectivity index (χ1n) is 6.44. The molecule has 0 spiro atoms. The lowest BCUT2D eigenvalue weighted by Crippen LogP contribution is -2.41. The van der Waals surface area contributed by atoms with Crippen LogP contribution in [0.25, 0.3) is 0 Å². The molecule has 1 aromatic rings. The highest BCUT2D eigenvalue weighted by molar-refractivity contribution is 8.07. The summed E-state index contributed by atoms with van der Waals surface area (Å²) >= 11 is 10.0. The molecule has 1 fully saturated rings. The van der Waals surface area contributed by atoms with Gasteiger partial charge in [0.1, 0.15) is 5.82 Å². The Kier molecular flexibility index (Phi) is 5.46. The second-order valence-electron chi connectivity index (χ2n) is 5.02. The van der Waals surface area contributed by atoms with Gasteiger partial charge < -0.3 is 5.73 Å². The fraction of sp³-hybridized carbons (Fsp3) is 0.571. The zero-order valence-electron chi connectivity index (χ0n) is 11.1. The Morgan fingerprint density at radius 1 is 1.42 bits per heavy atom. The van der Waals surface area contributed by atoms with Gasteiger partial charge in [-0.2, -0.15) is 23.5 Å². The molecule has 4 unspecified atom stereocenters. The maximum atomic E-state index is 13.0. The summed E-state index contributed by atoms with van der Waals surface area (Å²) in [5.74, 6) is 0.781. The van der Waals surface area contributed by atoms with Gasteiger partial charge in [-0.1, -0.05) is 31.5 Å². The average molecular weight is 320 g/mol. The molecule has 4 atom stereocenters. The molecule has 1 saturated heterocycles. The molecule has 0 aromatic heterocycles. The minimum atomic E-state index is -0.299. The van der Waals surface area contributed by atoms with Crippen molar-refractivity contribution in [3.05, 3.63) is 34.6 Å². The quantitative estimate of drug-likeness (QED) is 0.912. The highest BCUT2D eigenvalue weighted by atomic mass is 35.5. The van der Waals surface area contributed by atoms with Gasteiger partial charge in [-0.25, -0.2) is 4.39 Å². The van der Waals surface area contributed by atoms with Gasteiger partial charge in [0.15, 0.2) is 0 Å². The molecular weight excluding hydrogens is 301 g/mol. The van der Waals surface area contributed by atoms with Crippen LogP contribution in [0, 0.1) is 5.82 Å². The Morgan fingerprint density at radius 2 is 2.16 bits per heavy atom. The van der Waals surface area contributed by atoms with Crippen LogP contribution < -0.4 is 5.73 Å². The van der Waals surface area contributed by atoms with Crippen molar-refractivity contribution in [2.24, 2.45) is 5.73 Å². The summed E-state index contributed by atoms with van der Waals surface area (Å²) in [6.45, 7) is 4.52. The molecule has 0 radical (unpaired) electrons. The van der Waals surface area contributed by atoms with E-state index >= 15 is 0 Å². The number of nitrogens with two attached hydrogens (primary N) is 1. The predicted molar refractivity (Wildman–Crippen MR) is 85.9 cm³/mol. The van der Waals surface area contributed by atoms with Crippen LogP contribution in [0.1, 0.15) is 19.4 Å². The standard InChI is InChI=1S/C14H19ClFNS2/c1-8-9(2)19-14(7-18-8)13(17)5-10-3-4-11(16)6-12(10)15/h3-4,6,8-9,13-14H,5,7,17H2,1-2H3.